The molecule has 0 amide bonds. The van der Waals surface area contributed by atoms with Crippen molar-refractivity contribution in [2.75, 3.05) is 0 Å². The van der Waals surface area contributed by atoms with Crippen LogP contribution in [-0.2, 0) is 0 Å². The van der Waals surface area contributed by atoms with Crippen LogP contribution in [0.1, 0.15) is 0 Å². The molecule has 0 aromatic rings. The van der Waals surface area contributed by atoms with E-state index in [9.17, 15) is 0 Å². The van der Waals surface area contributed by atoms with E-state index >= 15 is 0 Å². The van der Waals surface area contributed by atoms with Crippen LogP contribution in [0.5, 0.6) is 0 Å². The Bertz CT molecular complexity index is 91.7. The van der Waals surface area contributed by atoms with Crippen molar-refractivity contribution < 1.29 is 137 Å². The fourth-order valence-electron chi connectivity index (χ4n) is 0. The van der Waals surface area contributed by atoms with E-state index in [4.69, 9.17) is 41.2 Å². The standard InChI is InChI=1S/2HIO4.IO4.Na.H2O/c3*2-1(3,4)5;;/h2*2H;;;1H2/q;;-1;+1;. The molecule has 13 nitrogen and oxygen atoms in total. The minimum absolute atomic E-state index is 0. The molecule has 0 aromatic heterocycles. The SMILES string of the molecule is O.[Na+].[O-][I+3]([O-])([O-])O.[O-][I+3]([O-])([O-])O.[O-][I+3]([O-])([O-])[O-]. The molecule has 0 aromatic carbocycles. The Balaban J connectivity index is -0.0000000400. The number of hydrogen-bond acceptors (Lipinski definition) is 12. The molecule has 4 N–H and O–H groups in total. The molecule has 17 heteroatoms. The Kier molecular flexibility index (Phi) is 25.6. The summed E-state index contributed by atoms with van der Waals surface area (Å²) in [4.78, 5) is 0. The van der Waals surface area contributed by atoms with E-state index in [0.717, 1.165) is 0 Å². The molecule has 0 saturated carbocycles. The van der Waals surface area contributed by atoms with Crippen LogP contribution in [-0.4, -0.2) is 12.3 Å². The molecule has 0 aliphatic heterocycles. The Labute approximate surface area is 134 Å². The smallest absolute Gasteiger partial charge is 0.412 e. The predicted molar refractivity (Wildman–Crippen MR) is 8.05 cm³/mol. The maximum atomic E-state index is 8.73. The fourth-order valence-corrected chi connectivity index (χ4v) is 0. The molecular weight excluding hydrogens is 612 g/mol. The normalized spacial score (nSPS) is 10.6. The summed E-state index contributed by atoms with van der Waals surface area (Å²) in [6.07, 6.45) is 0. The van der Waals surface area contributed by atoms with Gasteiger partial charge in [-0.05, 0) is 0 Å². The first kappa shape index (κ1) is 31.9. The third-order valence-corrected chi connectivity index (χ3v) is 0. The summed E-state index contributed by atoms with van der Waals surface area (Å²) in [6.45, 7) is 0. The monoisotopic (exact) mass is 616 g/mol. The van der Waals surface area contributed by atoms with Gasteiger partial charge in [-0.2, -0.15) is 0 Å². The zero-order valence-corrected chi connectivity index (χ0v) is 16.1. The van der Waals surface area contributed by atoms with Crippen LogP contribution in [0.3, 0.4) is 0 Å². The molecule has 0 aliphatic carbocycles. The minimum Gasteiger partial charge on any atom is -0.412 e. The summed E-state index contributed by atoms with van der Waals surface area (Å²) < 4.78 is 101. The predicted octanol–water partition coefficient (Wildman–Crippen LogP) is -25.8. The van der Waals surface area contributed by atoms with Crippen molar-refractivity contribution in [2.24, 2.45) is 0 Å². The van der Waals surface area contributed by atoms with Gasteiger partial charge in [0.15, 0.2) is 0 Å². The van der Waals surface area contributed by atoms with Gasteiger partial charge in [-0.25, -0.2) is 0 Å². The maximum absolute atomic E-state index is 8.73. The van der Waals surface area contributed by atoms with Gasteiger partial charge in [0, 0.05) is 6.87 Å². The van der Waals surface area contributed by atoms with Crippen molar-refractivity contribution >= 4 is 0 Å². The molecule has 0 radical (unpaired) electrons. The van der Waals surface area contributed by atoms with Gasteiger partial charge in [-0.1, -0.05) is 0 Å². The van der Waals surface area contributed by atoms with E-state index < -0.39 is 60.3 Å². The molecule has 0 saturated heterocycles. The summed E-state index contributed by atoms with van der Waals surface area (Å²) in [7, 11) is 0. The first-order valence-electron chi connectivity index (χ1n) is 1.88. The average molecular weight is 616 g/mol. The first-order chi connectivity index (χ1) is 6.00. The van der Waals surface area contributed by atoms with E-state index in [1.807, 2.05) is 0 Å². The molecule has 17 heavy (non-hydrogen) atoms. The molecule has 0 bridgehead atoms. The van der Waals surface area contributed by atoms with E-state index in [1.165, 1.54) is 0 Å². The van der Waals surface area contributed by atoms with Gasteiger partial charge < -0.3 is 5.48 Å². The Morgan fingerprint density at radius 2 is 0.529 bits per heavy atom. The van der Waals surface area contributed by atoms with Gasteiger partial charge in [0.25, 0.3) is 0 Å². The van der Waals surface area contributed by atoms with Gasteiger partial charge in [0.05, 0.1) is 0 Å². The number of halogens is 3. The summed E-state index contributed by atoms with van der Waals surface area (Å²) >= 11 is -17.3. The second-order valence-corrected chi connectivity index (χ2v) is 7.85. The van der Waals surface area contributed by atoms with Crippen LogP contribution in [0.25, 0.3) is 0 Å². The van der Waals surface area contributed by atoms with Crippen molar-refractivity contribution in [1.29, 1.82) is 0 Å². The molecular formula is H4I3NaO13. The summed E-state index contributed by atoms with van der Waals surface area (Å²) in [5.41, 5.74) is 0. The van der Waals surface area contributed by atoms with Crippen LogP contribution >= 0.6 is 0 Å². The van der Waals surface area contributed by atoms with Crippen molar-refractivity contribution in [2.45, 2.75) is 0 Å². The summed E-state index contributed by atoms with van der Waals surface area (Å²) in [5.74, 6) is 0. The maximum Gasteiger partial charge on any atom is 1.00 e. The van der Waals surface area contributed by atoms with Crippen molar-refractivity contribution in [3.8, 4) is 0 Å². The first-order valence-corrected chi connectivity index (χ1v) is 12.6. The third kappa shape index (κ3) is 728. The molecule has 0 rings (SSSR count). The van der Waals surface area contributed by atoms with E-state index in [0.29, 0.717) is 0 Å². The molecule has 0 heterocycles. The Hall–Kier alpha value is 2.67. The molecule has 104 valence electrons. The zero-order valence-electron chi connectivity index (χ0n) is 7.61. The summed E-state index contributed by atoms with van der Waals surface area (Å²) in [5, 5.41) is 0. The van der Waals surface area contributed by atoms with Gasteiger partial charge in [-0.3, -0.25) is 34.4 Å². The second kappa shape index (κ2) is 13.6. The van der Waals surface area contributed by atoms with Crippen molar-refractivity contribution in [1.82, 2.24) is 0 Å². The van der Waals surface area contributed by atoms with E-state index in [1.54, 1.807) is 0 Å². The van der Waals surface area contributed by atoms with Gasteiger partial charge in [0.2, 0.25) is 0 Å². The summed E-state index contributed by atoms with van der Waals surface area (Å²) in [6, 6.07) is 0. The molecule has 0 aliphatic rings. The molecule has 0 spiro atoms. The molecule has 0 fully saturated rings. The Morgan fingerprint density at radius 3 is 0.529 bits per heavy atom. The zero-order chi connectivity index (χ0) is 13.5. The number of rotatable bonds is 0. The average Bonchev–Trinajstić information content (AvgIpc) is 1.41. The van der Waals surface area contributed by atoms with Crippen LogP contribution in [0, 0.1) is 0 Å². The van der Waals surface area contributed by atoms with Gasteiger partial charge >= 0.3 is 69.7 Å². The second-order valence-electron chi connectivity index (χ2n) is 1.17. The largest absolute Gasteiger partial charge is 1.00 e. The quantitative estimate of drug-likeness (QED) is 0.189. The Morgan fingerprint density at radius 1 is 0.529 bits per heavy atom. The van der Waals surface area contributed by atoms with Crippen LogP contribution < -0.4 is 124 Å². The van der Waals surface area contributed by atoms with Gasteiger partial charge in [0.1, 0.15) is 20.1 Å². The van der Waals surface area contributed by atoms with Crippen LogP contribution in [0.2, 0.25) is 0 Å². The molecule has 0 atom stereocenters. The van der Waals surface area contributed by atoms with Gasteiger partial charge in [-0.15, -0.1) is 0 Å². The third-order valence-electron chi connectivity index (χ3n) is 0. The van der Waals surface area contributed by atoms with Crippen molar-refractivity contribution in [3.05, 3.63) is 0 Å². The van der Waals surface area contributed by atoms with Crippen LogP contribution in [0.4, 0.5) is 0 Å². The molecule has 0 unspecified atom stereocenters. The fraction of sp³-hybridized carbons (Fsp3) is 0. The topological polar surface area (TPSA) is 303 Å². The van der Waals surface area contributed by atoms with Crippen molar-refractivity contribution in [3.63, 3.8) is 0 Å². The van der Waals surface area contributed by atoms with Crippen LogP contribution in [0.15, 0.2) is 0 Å². The van der Waals surface area contributed by atoms with E-state index in [2.05, 4.69) is 0 Å². The number of hydrogen-bond donors (Lipinski definition) is 2. The minimum atomic E-state index is -5.94. The van der Waals surface area contributed by atoms with E-state index in [-0.39, 0.29) is 35.0 Å².